The van der Waals surface area contributed by atoms with Gasteiger partial charge in [-0.05, 0) is 30.4 Å². The minimum atomic E-state index is 0.318. The fraction of sp³-hybridized carbons (Fsp3) is 0.938. The average molecular weight is 314 g/mol. The molecule has 0 unspecified atom stereocenters. The van der Waals surface area contributed by atoms with Gasteiger partial charge in [0.15, 0.2) is 5.96 Å². The fourth-order valence-electron chi connectivity index (χ4n) is 3.29. The summed E-state index contributed by atoms with van der Waals surface area (Å²) < 4.78 is 5.87. The quantitative estimate of drug-likeness (QED) is 0.639. The third-order valence-electron chi connectivity index (χ3n) is 4.61. The summed E-state index contributed by atoms with van der Waals surface area (Å²) in [5, 5.41) is 3.64. The summed E-state index contributed by atoms with van der Waals surface area (Å²) in [4.78, 5) is 6.91. The molecule has 5 heteroatoms. The highest BCUT2D eigenvalue weighted by Crippen LogP contribution is 2.35. The van der Waals surface area contributed by atoms with E-state index in [4.69, 9.17) is 4.74 Å². The summed E-state index contributed by atoms with van der Waals surface area (Å²) in [6.07, 6.45) is 3.53. The second kappa shape index (κ2) is 7.23. The molecule has 0 atom stereocenters. The first kappa shape index (κ1) is 16.9. The molecule has 0 saturated carbocycles. The number of thioether (sulfide) groups is 1. The van der Waals surface area contributed by atoms with Crippen molar-refractivity contribution in [1.29, 1.82) is 0 Å². The van der Waals surface area contributed by atoms with Gasteiger partial charge in [0.25, 0.3) is 0 Å². The van der Waals surface area contributed by atoms with Crippen LogP contribution in [0.5, 0.6) is 0 Å². The van der Waals surface area contributed by atoms with Gasteiger partial charge in [-0.1, -0.05) is 20.8 Å². The number of hydrogen-bond donors (Lipinski definition) is 1. The molecule has 0 radical (unpaired) electrons. The van der Waals surface area contributed by atoms with Gasteiger partial charge in [-0.3, -0.25) is 4.99 Å². The average Bonchev–Trinajstić information content (AvgIpc) is 2.81. The number of ether oxygens (including phenoxy) is 1. The second-order valence-electron chi connectivity index (χ2n) is 6.96. The van der Waals surface area contributed by atoms with E-state index in [1.807, 2.05) is 7.05 Å². The van der Waals surface area contributed by atoms with Crippen LogP contribution in [0.2, 0.25) is 0 Å². The van der Waals surface area contributed by atoms with E-state index >= 15 is 0 Å². The lowest BCUT2D eigenvalue weighted by molar-refractivity contribution is 0.0780. The molecule has 2 fully saturated rings. The number of hydrogen-bond acceptors (Lipinski definition) is 3. The first-order valence-corrected chi connectivity index (χ1v) is 9.16. The zero-order chi connectivity index (χ0) is 15.3. The maximum absolute atomic E-state index is 5.55. The lowest BCUT2D eigenvalue weighted by Gasteiger charge is -2.37. The smallest absolute Gasteiger partial charge is 0.193 e. The largest absolute Gasteiger partial charge is 0.381 e. The number of guanidine groups is 1. The van der Waals surface area contributed by atoms with E-state index in [1.165, 1.54) is 6.42 Å². The van der Waals surface area contributed by atoms with E-state index in [0.717, 1.165) is 57.4 Å². The third-order valence-corrected chi connectivity index (χ3v) is 6.07. The Morgan fingerprint density at radius 1 is 1.29 bits per heavy atom. The van der Waals surface area contributed by atoms with Gasteiger partial charge in [0.05, 0.1) is 0 Å². The van der Waals surface area contributed by atoms with Gasteiger partial charge in [-0.2, -0.15) is 11.8 Å². The van der Waals surface area contributed by atoms with E-state index in [9.17, 15) is 0 Å². The molecule has 0 spiro atoms. The molecule has 0 amide bonds. The molecule has 0 aromatic heterocycles. The van der Waals surface area contributed by atoms with Gasteiger partial charge in [-0.25, -0.2) is 0 Å². The Labute approximate surface area is 134 Å². The van der Waals surface area contributed by atoms with E-state index < -0.39 is 0 Å². The van der Waals surface area contributed by atoms with E-state index in [2.05, 4.69) is 47.7 Å². The van der Waals surface area contributed by atoms with Crippen molar-refractivity contribution in [3.63, 3.8) is 0 Å². The molecule has 2 aliphatic heterocycles. The molecule has 2 aliphatic rings. The predicted octanol–water partition coefficient (Wildman–Crippen LogP) is 2.60. The zero-order valence-corrected chi connectivity index (χ0v) is 14.9. The SMILES string of the molecule is CCSC1(CNC(=NC)N2CCC(C)(C)C2)CCOCC1. The highest BCUT2D eigenvalue weighted by molar-refractivity contribution is 8.00. The van der Waals surface area contributed by atoms with Crippen molar-refractivity contribution >= 4 is 17.7 Å². The Kier molecular flexibility index (Phi) is 5.83. The van der Waals surface area contributed by atoms with Crippen LogP contribution in [-0.2, 0) is 4.74 Å². The zero-order valence-electron chi connectivity index (χ0n) is 14.1. The molecular weight excluding hydrogens is 282 g/mol. The predicted molar refractivity (Wildman–Crippen MR) is 92.2 cm³/mol. The van der Waals surface area contributed by atoms with Crippen molar-refractivity contribution in [1.82, 2.24) is 10.2 Å². The van der Waals surface area contributed by atoms with Crippen molar-refractivity contribution in [2.24, 2.45) is 10.4 Å². The molecule has 2 heterocycles. The lowest BCUT2D eigenvalue weighted by Crippen LogP contribution is -2.49. The first-order chi connectivity index (χ1) is 10.0. The molecular formula is C16H31N3OS. The van der Waals surface area contributed by atoms with E-state index in [-0.39, 0.29) is 0 Å². The maximum Gasteiger partial charge on any atom is 0.193 e. The van der Waals surface area contributed by atoms with Crippen LogP contribution in [-0.4, -0.2) is 61.3 Å². The van der Waals surface area contributed by atoms with Crippen LogP contribution in [0, 0.1) is 5.41 Å². The fourth-order valence-corrected chi connectivity index (χ4v) is 4.53. The number of likely N-dealkylation sites (tertiary alicyclic amines) is 1. The molecule has 0 aromatic carbocycles. The van der Waals surface area contributed by atoms with Crippen LogP contribution in [0.3, 0.4) is 0 Å². The minimum Gasteiger partial charge on any atom is -0.381 e. The Morgan fingerprint density at radius 3 is 2.52 bits per heavy atom. The highest BCUT2D eigenvalue weighted by Gasteiger charge is 2.35. The third kappa shape index (κ3) is 4.52. The summed E-state index contributed by atoms with van der Waals surface area (Å²) in [6, 6.07) is 0. The Morgan fingerprint density at radius 2 is 2.00 bits per heavy atom. The van der Waals surface area contributed by atoms with Gasteiger partial charge in [0.1, 0.15) is 0 Å². The molecule has 2 saturated heterocycles. The number of aliphatic imine (C=N–C) groups is 1. The Hall–Kier alpha value is -0.420. The first-order valence-electron chi connectivity index (χ1n) is 8.18. The van der Waals surface area contributed by atoms with Crippen LogP contribution in [0.25, 0.3) is 0 Å². The van der Waals surface area contributed by atoms with Crippen molar-refractivity contribution in [2.45, 2.75) is 44.8 Å². The molecule has 122 valence electrons. The van der Waals surface area contributed by atoms with Crippen LogP contribution in [0.1, 0.15) is 40.0 Å². The summed E-state index contributed by atoms with van der Waals surface area (Å²) >= 11 is 2.08. The summed E-state index contributed by atoms with van der Waals surface area (Å²) in [6.45, 7) is 11.9. The normalized spacial score (nSPS) is 25.1. The van der Waals surface area contributed by atoms with Gasteiger partial charge in [0, 0.05) is 44.6 Å². The molecule has 0 aliphatic carbocycles. The monoisotopic (exact) mass is 313 g/mol. The van der Waals surface area contributed by atoms with Crippen LogP contribution in [0.15, 0.2) is 4.99 Å². The van der Waals surface area contributed by atoms with E-state index in [1.54, 1.807) is 0 Å². The van der Waals surface area contributed by atoms with Crippen LogP contribution < -0.4 is 5.32 Å². The van der Waals surface area contributed by atoms with E-state index in [0.29, 0.717) is 10.2 Å². The van der Waals surface area contributed by atoms with Crippen molar-refractivity contribution in [3.8, 4) is 0 Å². The van der Waals surface area contributed by atoms with Gasteiger partial charge in [-0.15, -0.1) is 0 Å². The molecule has 0 bridgehead atoms. The molecule has 21 heavy (non-hydrogen) atoms. The highest BCUT2D eigenvalue weighted by atomic mass is 32.2. The Bertz CT molecular complexity index is 359. The topological polar surface area (TPSA) is 36.9 Å². The minimum absolute atomic E-state index is 0.318. The maximum atomic E-state index is 5.55. The standard InChI is InChI=1S/C16H31N3OS/c1-5-21-16(7-10-20-11-8-16)12-18-14(17-4)19-9-6-15(2,3)13-19/h5-13H2,1-4H3,(H,17,18). The number of rotatable bonds is 4. The second-order valence-corrected chi connectivity index (χ2v) is 8.70. The lowest BCUT2D eigenvalue weighted by atomic mass is 9.93. The number of nitrogens with one attached hydrogen (secondary N) is 1. The number of nitrogens with zero attached hydrogens (tertiary/aromatic N) is 2. The molecule has 0 aromatic rings. The van der Waals surface area contributed by atoms with Crippen LogP contribution in [0.4, 0.5) is 0 Å². The summed E-state index contributed by atoms with van der Waals surface area (Å²) in [7, 11) is 1.90. The molecule has 4 nitrogen and oxygen atoms in total. The summed E-state index contributed by atoms with van der Waals surface area (Å²) in [5.74, 6) is 2.24. The van der Waals surface area contributed by atoms with Crippen molar-refractivity contribution in [3.05, 3.63) is 0 Å². The summed E-state index contributed by atoms with van der Waals surface area (Å²) in [5.41, 5.74) is 0.409. The van der Waals surface area contributed by atoms with Gasteiger partial charge >= 0.3 is 0 Å². The molecule has 2 rings (SSSR count). The van der Waals surface area contributed by atoms with Gasteiger partial charge < -0.3 is 15.0 Å². The Balaban J connectivity index is 1.92. The van der Waals surface area contributed by atoms with Crippen molar-refractivity contribution in [2.75, 3.05) is 45.6 Å². The van der Waals surface area contributed by atoms with Crippen LogP contribution >= 0.6 is 11.8 Å². The van der Waals surface area contributed by atoms with Gasteiger partial charge in [0.2, 0.25) is 0 Å². The molecule has 1 N–H and O–H groups in total. The van der Waals surface area contributed by atoms with Crippen molar-refractivity contribution < 1.29 is 4.74 Å².